The zero-order valence-corrected chi connectivity index (χ0v) is 11.1. The van der Waals surface area contributed by atoms with Crippen LogP contribution in [0.1, 0.15) is 16.7 Å². The minimum Gasteiger partial charge on any atom is -0.383 e. The number of hydrogen-bond acceptors (Lipinski definition) is 2. The van der Waals surface area contributed by atoms with Crippen molar-refractivity contribution in [1.29, 1.82) is 0 Å². The van der Waals surface area contributed by atoms with Crippen molar-refractivity contribution in [3.63, 3.8) is 0 Å². The number of aliphatic imine (C=N–C) groups is 2. The van der Waals surface area contributed by atoms with E-state index < -0.39 is 0 Å². The first-order valence-corrected chi connectivity index (χ1v) is 6.32. The summed E-state index contributed by atoms with van der Waals surface area (Å²) in [4.78, 5) is 8.84. The Labute approximate surface area is 116 Å². The first-order chi connectivity index (χ1) is 9.15. The van der Waals surface area contributed by atoms with Gasteiger partial charge < -0.3 is 5.73 Å². The van der Waals surface area contributed by atoms with Gasteiger partial charge in [0.1, 0.15) is 5.84 Å². The molecule has 0 fully saturated rings. The Hall–Kier alpha value is -2.13. The highest BCUT2D eigenvalue weighted by Crippen LogP contribution is 2.28. The second-order valence-corrected chi connectivity index (χ2v) is 4.84. The summed E-state index contributed by atoms with van der Waals surface area (Å²) in [6.07, 6.45) is 0. The van der Waals surface area contributed by atoms with Crippen molar-refractivity contribution in [2.45, 2.75) is 6.92 Å². The van der Waals surface area contributed by atoms with E-state index in [2.05, 4.69) is 9.98 Å². The van der Waals surface area contributed by atoms with Crippen LogP contribution in [0, 0.1) is 6.92 Å². The molecule has 0 unspecified atom stereocenters. The number of rotatable bonds is 1. The molecule has 0 saturated carbocycles. The molecule has 0 aliphatic carbocycles. The lowest BCUT2D eigenvalue weighted by molar-refractivity contribution is 1.41. The summed E-state index contributed by atoms with van der Waals surface area (Å²) in [5, 5.41) is 0.608. The molecule has 2 aromatic rings. The molecule has 3 nitrogen and oxygen atoms in total. The topological polar surface area (TPSA) is 50.7 Å². The molecule has 0 saturated heterocycles. The lowest BCUT2D eigenvalue weighted by atomic mass is 10.1. The van der Waals surface area contributed by atoms with E-state index in [0.717, 1.165) is 16.7 Å². The SMILES string of the molecule is Cc1ccc(Cl)c(N=C2N=C(N)c3ccccc32)c1. The summed E-state index contributed by atoms with van der Waals surface area (Å²) in [6, 6.07) is 13.5. The first kappa shape index (κ1) is 11.9. The van der Waals surface area contributed by atoms with Crippen molar-refractivity contribution < 1.29 is 0 Å². The molecule has 0 radical (unpaired) electrons. The Bertz CT molecular complexity index is 717. The molecule has 19 heavy (non-hydrogen) atoms. The number of nitrogens with two attached hydrogens (primary N) is 1. The fourth-order valence-corrected chi connectivity index (χ4v) is 2.20. The van der Waals surface area contributed by atoms with E-state index in [4.69, 9.17) is 17.3 Å². The highest BCUT2D eigenvalue weighted by Gasteiger charge is 2.18. The largest absolute Gasteiger partial charge is 0.383 e. The van der Waals surface area contributed by atoms with Crippen LogP contribution in [0.3, 0.4) is 0 Å². The number of aryl methyl sites for hydroxylation is 1. The number of hydrogen-bond donors (Lipinski definition) is 1. The van der Waals surface area contributed by atoms with Crippen molar-refractivity contribution >= 4 is 29.0 Å². The molecule has 1 heterocycles. The average molecular weight is 270 g/mol. The van der Waals surface area contributed by atoms with E-state index in [1.807, 2.05) is 49.4 Å². The van der Waals surface area contributed by atoms with Crippen molar-refractivity contribution in [1.82, 2.24) is 0 Å². The average Bonchev–Trinajstić information content (AvgIpc) is 2.72. The summed E-state index contributed by atoms with van der Waals surface area (Å²) >= 11 is 6.15. The molecule has 3 rings (SSSR count). The van der Waals surface area contributed by atoms with Crippen molar-refractivity contribution in [3.8, 4) is 0 Å². The number of benzene rings is 2. The molecule has 1 aliphatic rings. The van der Waals surface area contributed by atoms with Crippen LogP contribution in [0.4, 0.5) is 5.69 Å². The van der Waals surface area contributed by atoms with Crippen LogP contribution in [0.5, 0.6) is 0 Å². The first-order valence-electron chi connectivity index (χ1n) is 5.94. The number of amidine groups is 2. The number of fused-ring (bicyclic) bond motifs is 1. The molecule has 4 heteroatoms. The molecular weight excluding hydrogens is 258 g/mol. The molecule has 0 atom stereocenters. The van der Waals surface area contributed by atoms with Crippen LogP contribution in [-0.2, 0) is 0 Å². The fourth-order valence-electron chi connectivity index (χ4n) is 2.04. The molecule has 1 aliphatic heterocycles. The standard InChI is InChI=1S/C15H12ClN3/c1-9-6-7-12(16)13(8-9)18-15-11-5-3-2-4-10(11)14(17)19-15/h2-8H,1H3,(H2,17,18,19). The highest BCUT2D eigenvalue weighted by atomic mass is 35.5. The van der Waals surface area contributed by atoms with Crippen LogP contribution in [0.2, 0.25) is 5.02 Å². The van der Waals surface area contributed by atoms with Crippen molar-refractivity contribution in [2.75, 3.05) is 0 Å². The van der Waals surface area contributed by atoms with E-state index in [1.165, 1.54) is 0 Å². The minimum atomic E-state index is 0.498. The van der Waals surface area contributed by atoms with Gasteiger partial charge >= 0.3 is 0 Å². The monoisotopic (exact) mass is 269 g/mol. The lowest BCUT2D eigenvalue weighted by Gasteiger charge is -2.02. The molecule has 94 valence electrons. The second-order valence-electron chi connectivity index (χ2n) is 4.43. The third-order valence-electron chi connectivity index (χ3n) is 3.00. The molecule has 0 spiro atoms. The summed E-state index contributed by atoms with van der Waals surface area (Å²) < 4.78 is 0. The molecular formula is C15H12ClN3. The normalized spacial score (nSPS) is 15.5. The summed E-state index contributed by atoms with van der Waals surface area (Å²) in [7, 11) is 0. The van der Waals surface area contributed by atoms with E-state index in [0.29, 0.717) is 22.4 Å². The maximum atomic E-state index is 6.15. The van der Waals surface area contributed by atoms with Gasteiger partial charge in [0.25, 0.3) is 0 Å². The quantitative estimate of drug-likeness (QED) is 0.847. The van der Waals surface area contributed by atoms with E-state index in [9.17, 15) is 0 Å². The Morgan fingerprint density at radius 1 is 1.11 bits per heavy atom. The van der Waals surface area contributed by atoms with Crippen molar-refractivity contribution in [2.24, 2.45) is 15.7 Å². The molecule has 0 aromatic heterocycles. The second kappa shape index (κ2) is 4.52. The third-order valence-corrected chi connectivity index (χ3v) is 3.32. The van der Waals surface area contributed by atoms with Crippen LogP contribution in [0.25, 0.3) is 0 Å². The van der Waals surface area contributed by atoms with Gasteiger partial charge in [0.15, 0.2) is 5.84 Å². The van der Waals surface area contributed by atoms with Gasteiger partial charge in [0.2, 0.25) is 0 Å². The number of nitrogens with zero attached hydrogens (tertiary/aromatic N) is 2. The van der Waals surface area contributed by atoms with E-state index in [1.54, 1.807) is 0 Å². The Kier molecular flexibility index (Phi) is 2.84. The van der Waals surface area contributed by atoms with Gasteiger partial charge in [-0.3, -0.25) is 0 Å². The Morgan fingerprint density at radius 2 is 1.84 bits per heavy atom. The zero-order chi connectivity index (χ0) is 13.4. The van der Waals surface area contributed by atoms with E-state index >= 15 is 0 Å². The number of halogens is 1. The van der Waals surface area contributed by atoms with Crippen molar-refractivity contribution in [3.05, 3.63) is 64.2 Å². The Morgan fingerprint density at radius 3 is 2.63 bits per heavy atom. The predicted octanol–water partition coefficient (Wildman–Crippen LogP) is 3.45. The molecule has 2 aromatic carbocycles. The minimum absolute atomic E-state index is 0.498. The maximum Gasteiger partial charge on any atom is 0.162 e. The van der Waals surface area contributed by atoms with Gasteiger partial charge in [-0.2, -0.15) is 0 Å². The molecule has 2 N–H and O–H groups in total. The van der Waals surface area contributed by atoms with Gasteiger partial charge in [-0.15, -0.1) is 0 Å². The maximum absolute atomic E-state index is 6.15. The van der Waals surface area contributed by atoms with Crippen LogP contribution < -0.4 is 5.73 Å². The van der Waals surface area contributed by atoms with Gasteiger partial charge in [-0.25, -0.2) is 9.98 Å². The zero-order valence-electron chi connectivity index (χ0n) is 10.4. The van der Waals surface area contributed by atoms with Gasteiger partial charge in [-0.05, 0) is 24.6 Å². The molecule has 0 amide bonds. The van der Waals surface area contributed by atoms with Crippen LogP contribution in [0.15, 0.2) is 52.4 Å². The summed E-state index contributed by atoms with van der Waals surface area (Å²) in [5.41, 5.74) is 9.57. The highest BCUT2D eigenvalue weighted by molar-refractivity contribution is 6.33. The van der Waals surface area contributed by atoms with Gasteiger partial charge in [-0.1, -0.05) is 41.9 Å². The Balaban J connectivity index is 2.14. The van der Waals surface area contributed by atoms with E-state index in [-0.39, 0.29) is 0 Å². The smallest absolute Gasteiger partial charge is 0.162 e. The summed E-state index contributed by atoms with van der Waals surface area (Å²) in [6.45, 7) is 2.00. The van der Waals surface area contributed by atoms with Crippen LogP contribution in [-0.4, -0.2) is 11.7 Å². The van der Waals surface area contributed by atoms with Crippen LogP contribution >= 0.6 is 11.6 Å². The van der Waals surface area contributed by atoms with Gasteiger partial charge in [0.05, 0.1) is 10.7 Å². The van der Waals surface area contributed by atoms with Gasteiger partial charge in [0, 0.05) is 11.1 Å². The fraction of sp³-hybridized carbons (Fsp3) is 0.0667. The molecule has 0 bridgehead atoms. The summed E-state index contributed by atoms with van der Waals surface area (Å²) in [5.74, 6) is 1.11. The third kappa shape index (κ3) is 2.13. The lowest BCUT2D eigenvalue weighted by Crippen LogP contribution is -2.09. The predicted molar refractivity (Wildman–Crippen MR) is 79.6 cm³/mol.